The molecule has 0 amide bonds. The van der Waals surface area contributed by atoms with Crippen LogP contribution in [0.25, 0.3) is 0 Å². The molecule has 6 heteroatoms. The van der Waals surface area contributed by atoms with E-state index in [1.807, 2.05) is 13.0 Å². The fourth-order valence-electron chi connectivity index (χ4n) is 2.14. The van der Waals surface area contributed by atoms with Crippen molar-refractivity contribution in [1.82, 2.24) is 5.32 Å². The first-order valence-corrected chi connectivity index (χ1v) is 8.37. The smallest absolute Gasteiger partial charge is 0.152 e. The van der Waals surface area contributed by atoms with Crippen molar-refractivity contribution < 1.29 is 8.42 Å². The first-order valence-electron chi connectivity index (χ1n) is 5.79. The first kappa shape index (κ1) is 14.1. The third-order valence-electron chi connectivity index (χ3n) is 3.13. The highest BCUT2D eigenvalue weighted by atomic mass is 35.5. The number of benzene rings is 1. The molecule has 1 aromatic rings. The molecule has 1 aliphatic heterocycles. The zero-order valence-corrected chi connectivity index (χ0v) is 12.3. The SMILES string of the molecule is CC1CCS(=O)(=O)CC(c2cccc(Cl)c2Cl)N1. The Bertz CT molecular complexity index is 545. The van der Waals surface area contributed by atoms with E-state index in [-0.39, 0.29) is 23.6 Å². The molecule has 0 bridgehead atoms. The second-order valence-corrected chi connectivity index (χ2v) is 7.68. The van der Waals surface area contributed by atoms with Crippen molar-refractivity contribution in [2.45, 2.75) is 25.4 Å². The van der Waals surface area contributed by atoms with Crippen LogP contribution < -0.4 is 5.32 Å². The standard InChI is InChI=1S/C12H15Cl2NO2S/c1-8-5-6-18(16,17)7-11(15-8)9-3-2-4-10(13)12(9)14/h2-4,8,11,15H,5-7H2,1H3. The molecule has 1 fully saturated rings. The number of hydrogen-bond acceptors (Lipinski definition) is 3. The summed E-state index contributed by atoms with van der Waals surface area (Å²) in [4.78, 5) is 0. The summed E-state index contributed by atoms with van der Waals surface area (Å²) in [5, 5.41) is 4.18. The molecule has 2 unspecified atom stereocenters. The summed E-state index contributed by atoms with van der Waals surface area (Å²) in [6, 6.07) is 5.15. The molecule has 3 nitrogen and oxygen atoms in total. The normalized spacial score (nSPS) is 27.7. The van der Waals surface area contributed by atoms with Gasteiger partial charge in [0, 0.05) is 12.1 Å². The number of hydrogen-bond donors (Lipinski definition) is 1. The summed E-state index contributed by atoms with van der Waals surface area (Å²) in [6.45, 7) is 1.98. The molecule has 2 atom stereocenters. The Morgan fingerprint density at radius 2 is 2.06 bits per heavy atom. The molecule has 0 spiro atoms. The summed E-state index contributed by atoms with van der Waals surface area (Å²) in [5.74, 6) is 0.285. The lowest BCUT2D eigenvalue weighted by Gasteiger charge is -2.20. The summed E-state index contributed by atoms with van der Waals surface area (Å²) in [7, 11) is -3.04. The van der Waals surface area contributed by atoms with Gasteiger partial charge in [-0.25, -0.2) is 8.42 Å². The van der Waals surface area contributed by atoms with E-state index in [0.717, 1.165) is 5.56 Å². The van der Waals surface area contributed by atoms with E-state index in [2.05, 4.69) is 5.32 Å². The Hall–Kier alpha value is -0.290. The second kappa shape index (κ2) is 5.37. The molecular formula is C12H15Cl2NO2S. The molecule has 18 heavy (non-hydrogen) atoms. The molecule has 0 radical (unpaired) electrons. The Morgan fingerprint density at radius 1 is 1.33 bits per heavy atom. The van der Waals surface area contributed by atoms with Gasteiger partial charge in [-0.1, -0.05) is 35.3 Å². The van der Waals surface area contributed by atoms with E-state index in [1.54, 1.807) is 12.1 Å². The fraction of sp³-hybridized carbons (Fsp3) is 0.500. The highest BCUT2D eigenvalue weighted by Crippen LogP contribution is 2.32. The van der Waals surface area contributed by atoms with Crippen molar-refractivity contribution in [3.05, 3.63) is 33.8 Å². The molecule has 1 saturated heterocycles. The van der Waals surface area contributed by atoms with Crippen LogP contribution in [0.5, 0.6) is 0 Å². The van der Waals surface area contributed by atoms with Crippen LogP contribution in [0.4, 0.5) is 0 Å². The molecule has 100 valence electrons. The van der Waals surface area contributed by atoms with Crippen LogP contribution in [-0.4, -0.2) is 26.0 Å². The Balaban J connectivity index is 2.38. The number of rotatable bonds is 1. The third kappa shape index (κ3) is 3.18. The van der Waals surface area contributed by atoms with Gasteiger partial charge in [0.2, 0.25) is 0 Å². The predicted octanol–water partition coefficient (Wildman–Crippen LogP) is 2.83. The molecular weight excluding hydrogens is 293 g/mol. The molecule has 0 aromatic heterocycles. The Kier molecular flexibility index (Phi) is 4.22. The lowest BCUT2D eigenvalue weighted by molar-refractivity contribution is 0.484. The zero-order valence-electron chi connectivity index (χ0n) is 9.99. The van der Waals surface area contributed by atoms with Crippen molar-refractivity contribution >= 4 is 33.0 Å². The summed E-state index contributed by atoms with van der Waals surface area (Å²) < 4.78 is 23.8. The zero-order chi connectivity index (χ0) is 13.3. The minimum atomic E-state index is -3.04. The minimum Gasteiger partial charge on any atom is -0.306 e. The van der Waals surface area contributed by atoms with E-state index in [4.69, 9.17) is 23.2 Å². The van der Waals surface area contributed by atoms with E-state index < -0.39 is 9.84 Å². The van der Waals surface area contributed by atoms with Crippen molar-refractivity contribution in [2.24, 2.45) is 0 Å². The van der Waals surface area contributed by atoms with Gasteiger partial charge in [0.05, 0.1) is 21.6 Å². The molecule has 0 aliphatic carbocycles. The fourth-order valence-corrected chi connectivity index (χ4v) is 4.24. The van der Waals surface area contributed by atoms with E-state index in [1.165, 1.54) is 0 Å². The van der Waals surface area contributed by atoms with Crippen LogP contribution in [0, 0.1) is 0 Å². The highest BCUT2D eigenvalue weighted by molar-refractivity contribution is 7.91. The van der Waals surface area contributed by atoms with Gasteiger partial charge in [0.15, 0.2) is 9.84 Å². The maximum absolute atomic E-state index is 11.9. The average Bonchev–Trinajstić information content (AvgIpc) is 2.42. The van der Waals surface area contributed by atoms with Crippen LogP contribution in [0.2, 0.25) is 10.0 Å². The molecule has 1 aliphatic rings. The monoisotopic (exact) mass is 307 g/mol. The van der Waals surface area contributed by atoms with Gasteiger partial charge in [-0.2, -0.15) is 0 Å². The van der Waals surface area contributed by atoms with Gasteiger partial charge >= 0.3 is 0 Å². The first-order chi connectivity index (χ1) is 8.39. The van der Waals surface area contributed by atoms with Gasteiger partial charge < -0.3 is 5.32 Å². The topological polar surface area (TPSA) is 46.2 Å². The molecule has 1 aromatic carbocycles. The van der Waals surface area contributed by atoms with Crippen LogP contribution in [0.1, 0.15) is 24.9 Å². The lowest BCUT2D eigenvalue weighted by atomic mass is 10.1. The number of halogens is 2. The summed E-state index contributed by atoms with van der Waals surface area (Å²) in [5.41, 5.74) is 0.751. The van der Waals surface area contributed by atoms with Crippen LogP contribution in [-0.2, 0) is 9.84 Å². The average molecular weight is 308 g/mol. The van der Waals surface area contributed by atoms with Crippen LogP contribution in [0.3, 0.4) is 0 Å². The van der Waals surface area contributed by atoms with Crippen molar-refractivity contribution in [2.75, 3.05) is 11.5 Å². The van der Waals surface area contributed by atoms with E-state index in [9.17, 15) is 8.42 Å². The van der Waals surface area contributed by atoms with E-state index >= 15 is 0 Å². The van der Waals surface area contributed by atoms with Gasteiger partial charge in [0.1, 0.15) is 0 Å². The Morgan fingerprint density at radius 3 is 2.78 bits per heavy atom. The van der Waals surface area contributed by atoms with Crippen LogP contribution >= 0.6 is 23.2 Å². The molecule has 2 rings (SSSR count). The largest absolute Gasteiger partial charge is 0.306 e. The van der Waals surface area contributed by atoms with Crippen molar-refractivity contribution in [3.8, 4) is 0 Å². The maximum atomic E-state index is 11.9. The summed E-state index contributed by atoms with van der Waals surface area (Å²) in [6.07, 6.45) is 0.622. The molecule has 1 heterocycles. The second-order valence-electron chi connectivity index (χ2n) is 4.67. The van der Waals surface area contributed by atoms with Crippen LogP contribution in [0.15, 0.2) is 18.2 Å². The summed E-state index contributed by atoms with van der Waals surface area (Å²) >= 11 is 12.1. The van der Waals surface area contributed by atoms with Crippen molar-refractivity contribution in [3.63, 3.8) is 0 Å². The predicted molar refractivity (Wildman–Crippen MR) is 75.1 cm³/mol. The van der Waals surface area contributed by atoms with E-state index in [0.29, 0.717) is 16.5 Å². The van der Waals surface area contributed by atoms with Crippen molar-refractivity contribution in [1.29, 1.82) is 0 Å². The quantitative estimate of drug-likeness (QED) is 0.868. The molecule has 1 N–H and O–H groups in total. The van der Waals surface area contributed by atoms with Gasteiger partial charge in [0.25, 0.3) is 0 Å². The third-order valence-corrected chi connectivity index (χ3v) is 5.66. The minimum absolute atomic E-state index is 0.0669. The van der Waals surface area contributed by atoms with Gasteiger partial charge in [-0.3, -0.25) is 0 Å². The van der Waals surface area contributed by atoms with Gasteiger partial charge in [-0.15, -0.1) is 0 Å². The lowest BCUT2D eigenvalue weighted by Crippen LogP contribution is -2.31. The number of sulfone groups is 1. The number of nitrogens with one attached hydrogen (secondary N) is 1. The Labute approximate surface area is 117 Å². The highest BCUT2D eigenvalue weighted by Gasteiger charge is 2.28. The molecule has 0 saturated carbocycles. The maximum Gasteiger partial charge on any atom is 0.152 e. The van der Waals surface area contributed by atoms with Gasteiger partial charge in [-0.05, 0) is 25.0 Å².